The van der Waals surface area contributed by atoms with E-state index in [0.717, 1.165) is 11.1 Å². The first kappa shape index (κ1) is 25.5. The predicted molar refractivity (Wildman–Crippen MR) is 130 cm³/mol. The third-order valence-electron chi connectivity index (χ3n) is 5.35. The molecule has 1 heterocycles. The fourth-order valence-electron chi connectivity index (χ4n) is 3.71. The van der Waals surface area contributed by atoms with E-state index >= 15 is 0 Å². The van der Waals surface area contributed by atoms with Crippen molar-refractivity contribution in [2.24, 2.45) is 7.05 Å². The van der Waals surface area contributed by atoms with E-state index in [-0.39, 0.29) is 48.7 Å². The van der Waals surface area contributed by atoms with Crippen LogP contribution in [-0.2, 0) is 13.6 Å². The molecule has 34 heavy (non-hydrogen) atoms. The second-order valence-electron chi connectivity index (χ2n) is 7.43. The Balaban J connectivity index is 0.00000216. The number of carboxylic acid groups (broad SMARTS) is 1. The Morgan fingerprint density at radius 1 is 1.00 bits per heavy atom. The number of nitrogens with one attached hydrogen (secondary N) is 2. The zero-order valence-corrected chi connectivity index (χ0v) is 21.4. The Morgan fingerprint density at radius 2 is 1.68 bits per heavy atom. The molecule has 0 radical (unpaired) electrons. The SMILES string of the molecule is Cn1c(CNC(=O)Nc2ccc(C(=O)O)cc2)c(-c2ccccc2)c2cc(Cl)ccc2c1=O.[H-].[Na+]. The molecule has 0 saturated heterocycles. The van der Waals surface area contributed by atoms with E-state index in [2.05, 4.69) is 10.6 Å². The van der Waals surface area contributed by atoms with Gasteiger partial charge in [0.25, 0.3) is 5.56 Å². The number of anilines is 1. The molecule has 0 fully saturated rings. The first-order chi connectivity index (χ1) is 15.8. The molecular weight excluding hydrogens is 465 g/mol. The molecule has 0 aliphatic rings. The smallest absolute Gasteiger partial charge is 1.00 e. The number of fused-ring (bicyclic) bond motifs is 1. The van der Waals surface area contributed by atoms with Crippen molar-refractivity contribution in [2.75, 3.05) is 5.32 Å². The number of pyridine rings is 1. The van der Waals surface area contributed by atoms with Gasteiger partial charge in [-0.1, -0.05) is 41.9 Å². The maximum atomic E-state index is 13.0. The van der Waals surface area contributed by atoms with Gasteiger partial charge >= 0.3 is 41.6 Å². The van der Waals surface area contributed by atoms with E-state index in [1.54, 1.807) is 25.2 Å². The summed E-state index contributed by atoms with van der Waals surface area (Å²) in [6, 6.07) is 20.1. The van der Waals surface area contributed by atoms with Gasteiger partial charge in [-0.15, -0.1) is 0 Å². The Labute approximate surface area is 224 Å². The van der Waals surface area contributed by atoms with Crippen LogP contribution >= 0.6 is 11.6 Å². The van der Waals surface area contributed by atoms with E-state index in [1.165, 1.54) is 28.8 Å². The number of hydrogen-bond acceptors (Lipinski definition) is 3. The largest absolute Gasteiger partial charge is 1.00 e. The Hall–Kier alpha value is -3.10. The van der Waals surface area contributed by atoms with Crippen LogP contribution in [-0.4, -0.2) is 21.7 Å². The molecule has 1 aromatic heterocycles. The van der Waals surface area contributed by atoms with E-state index in [1.807, 2.05) is 30.3 Å². The summed E-state index contributed by atoms with van der Waals surface area (Å²) in [5.74, 6) is -1.04. The molecule has 0 atom stereocenters. The van der Waals surface area contributed by atoms with Gasteiger partial charge in [0.1, 0.15) is 0 Å². The van der Waals surface area contributed by atoms with Crippen molar-refractivity contribution in [1.29, 1.82) is 0 Å². The Morgan fingerprint density at radius 3 is 2.32 bits per heavy atom. The molecule has 0 bridgehead atoms. The zero-order valence-electron chi connectivity index (χ0n) is 19.6. The predicted octanol–water partition coefficient (Wildman–Crippen LogP) is 2.00. The molecule has 2 amide bonds. The Kier molecular flexibility index (Phi) is 8.17. The third kappa shape index (κ3) is 5.34. The second-order valence-corrected chi connectivity index (χ2v) is 7.87. The number of carbonyl (C=O) groups is 2. The molecule has 0 unspecified atom stereocenters. The van der Waals surface area contributed by atoms with E-state index < -0.39 is 12.0 Å². The summed E-state index contributed by atoms with van der Waals surface area (Å²) in [7, 11) is 1.67. The molecule has 3 aromatic carbocycles. The van der Waals surface area contributed by atoms with Crippen LogP contribution in [0, 0.1) is 0 Å². The molecule has 9 heteroatoms. The minimum absolute atomic E-state index is 0. The minimum atomic E-state index is -1.04. The monoisotopic (exact) mass is 485 g/mol. The third-order valence-corrected chi connectivity index (χ3v) is 5.58. The van der Waals surface area contributed by atoms with Gasteiger partial charge in [0.2, 0.25) is 0 Å². The number of nitrogens with zero attached hydrogens (tertiary/aromatic N) is 1. The van der Waals surface area contributed by atoms with Crippen molar-refractivity contribution in [3.63, 3.8) is 0 Å². The fourth-order valence-corrected chi connectivity index (χ4v) is 3.88. The van der Waals surface area contributed by atoms with Crippen LogP contribution in [0.15, 0.2) is 77.6 Å². The molecule has 3 N–H and O–H groups in total. The summed E-state index contributed by atoms with van der Waals surface area (Å²) in [5.41, 5.74) is 2.70. The fraction of sp³-hybridized carbons (Fsp3) is 0.0800. The summed E-state index contributed by atoms with van der Waals surface area (Å²) < 4.78 is 1.53. The molecule has 0 saturated carbocycles. The van der Waals surface area contributed by atoms with Crippen LogP contribution in [0.2, 0.25) is 5.02 Å². The minimum Gasteiger partial charge on any atom is -1.00 e. The summed E-state index contributed by atoms with van der Waals surface area (Å²) in [6.07, 6.45) is 0. The second kappa shape index (κ2) is 10.9. The van der Waals surface area contributed by atoms with Crippen LogP contribution in [0.25, 0.3) is 21.9 Å². The van der Waals surface area contributed by atoms with Crippen molar-refractivity contribution in [2.45, 2.75) is 6.54 Å². The molecule has 168 valence electrons. The van der Waals surface area contributed by atoms with Gasteiger partial charge in [0, 0.05) is 34.4 Å². The van der Waals surface area contributed by atoms with E-state index in [0.29, 0.717) is 27.2 Å². The van der Waals surface area contributed by atoms with Gasteiger partial charge in [0.15, 0.2) is 0 Å². The van der Waals surface area contributed by atoms with Gasteiger partial charge in [-0.05, 0) is 53.4 Å². The summed E-state index contributed by atoms with van der Waals surface area (Å²) in [4.78, 5) is 36.5. The number of aromatic carboxylic acids is 1. The summed E-state index contributed by atoms with van der Waals surface area (Å²) >= 11 is 6.25. The number of hydrogen-bond donors (Lipinski definition) is 3. The van der Waals surface area contributed by atoms with E-state index in [4.69, 9.17) is 16.7 Å². The van der Waals surface area contributed by atoms with Gasteiger partial charge in [-0.25, -0.2) is 9.59 Å². The van der Waals surface area contributed by atoms with Crippen molar-refractivity contribution in [3.05, 3.63) is 99.4 Å². The number of carboxylic acids is 1. The maximum absolute atomic E-state index is 13.0. The van der Waals surface area contributed by atoms with Gasteiger partial charge in [-0.2, -0.15) is 0 Å². The first-order valence-corrected chi connectivity index (χ1v) is 10.5. The van der Waals surface area contributed by atoms with Crippen LogP contribution in [0.1, 0.15) is 17.5 Å². The number of carbonyl (C=O) groups excluding carboxylic acids is 1. The van der Waals surface area contributed by atoms with Crippen molar-refractivity contribution >= 4 is 40.1 Å². The molecule has 4 aromatic rings. The number of benzene rings is 3. The zero-order chi connectivity index (χ0) is 23.5. The molecule has 4 rings (SSSR count). The van der Waals surface area contributed by atoms with Gasteiger partial charge in [0.05, 0.1) is 12.1 Å². The topological polar surface area (TPSA) is 100 Å². The van der Waals surface area contributed by atoms with Crippen molar-refractivity contribution in [3.8, 4) is 11.1 Å². The normalized spacial score (nSPS) is 10.4. The van der Waals surface area contributed by atoms with Gasteiger partial charge < -0.3 is 21.7 Å². The average Bonchev–Trinajstić information content (AvgIpc) is 2.81. The van der Waals surface area contributed by atoms with Crippen LogP contribution in [0.3, 0.4) is 0 Å². The standard InChI is InChI=1S/C25H20ClN3O4.Na.H/c1-29-21(14-27-25(33)28-18-10-7-16(8-11-18)24(31)32)22(15-5-3-2-4-6-15)20-13-17(26)9-12-19(20)23(29)30;;/h2-13H,14H2,1H3,(H,31,32)(H2,27,28,33);;/q;+1;-1. The first-order valence-electron chi connectivity index (χ1n) is 10.1. The number of halogens is 1. The number of urea groups is 1. The van der Waals surface area contributed by atoms with Crippen LogP contribution in [0.5, 0.6) is 0 Å². The van der Waals surface area contributed by atoms with Gasteiger partial charge in [-0.3, -0.25) is 4.79 Å². The molecular formula is C25H21ClN3NaO4. The molecule has 0 aliphatic heterocycles. The summed E-state index contributed by atoms with van der Waals surface area (Å²) in [5, 5.41) is 16.2. The van der Waals surface area contributed by atoms with Crippen LogP contribution in [0.4, 0.5) is 10.5 Å². The van der Waals surface area contributed by atoms with Crippen LogP contribution < -0.4 is 45.8 Å². The van der Waals surface area contributed by atoms with Crippen molar-refractivity contribution < 1.29 is 45.7 Å². The maximum Gasteiger partial charge on any atom is 1.00 e. The quantitative estimate of drug-likeness (QED) is 0.376. The van der Waals surface area contributed by atoms with Crippen molar-refractivity contribution in [1.82, 2.24) is 9.88 Å². The molecule has 7 nitrogen and oxygen atoms in total. The van der Waals surface area contributed by atoms with E-state index in [9.17, 15) is 14.4 Å². The number of aromatic nitrogens is 1. The summed E-state index contributed by atoms with van der Waals surface area (Å²) in [6.45, 7) is 0.0808. The Bertz CT molecular complexity index is 1430. The molecule has 0 aliphatic carbocycles. The molecule has 0 spiro atoms. The average molecular weight is 486 g/mol. The number of amides is 2. The number of rotatable bonds is 5.